The van der Waals surface area contributed by atoms with Crippen LogP contribution in [-0.2, 0) is 0 Å². The van der Waals surface area contributed by atoms with Gasteiger partial charge < -0.3 is 9.47 Å². The smallest absolute Gasteiger partial charge is 0.161 e. The number of aromatic nitrogens is 3. The highest BCUT2D eigenvalue weighted by molar-refractivity contribution is 6.29. The van der Waals surface area contributed by atoms with Crippen molar-refractivity contribution in [2.24, 2.45) is 0 Å². The van der Waals surface area contributed by atoms with E-state index in [4.69, 9.17) is 21.1 Å². The minimum Gasteiger partial charge on any atom is -0.493 e. The normalized spacial score (nSPS) is 11.0. The zero-order chi connectivity index (χ0) is 15.9. The quantitative estimate of drug-likeness (QED) is 0.739. The lowest BCUT2D eigenvalue weighted by atomic mass is 10.1. The number of methoxy groups -OCH3 is 2. The summed E-state index contributed by atoms with van der Waals surface area (Å²) >= 11 is 6.09. The van der Waals surface area contributed by atoms with E-state index in [-0.39, 0.29) is 0 Å². The fourth-order valence-electron chi connectivity index (χ4n) is 2.55. The lowest BCUT2D eigenvalue weighted by Gasteiger charge is -2.10. The Morgan fingerprint density at radius 3 is 2.45 bits per heavy atom. The molecule has 3 aromatic rings. The molecule has 0 N–H and O–H groups in total. The fourth-order valence-corrected chi connectivity index (χ4v) is 2.79. The average Bonchev–Trinajstić information content (AvgIpc) is 2.83. The van der Waals surface area contributed by atoms with E-state index in [0.717, 1.165) is 28.2 Å². The van der Waals surface area contributed by atoms with E-state index in [1.807, 2.05) is 38.1 Å². The van der Waals surface area contributed by atoms with Crippen LogP contribution in [0.3, 0.4) is 0 Å². The summed E-state index contributed by atoms with van der Waals surface area (Å²) in [6.07, 6.45) is 0. The maximum atomic E-state index is 6.09. The highest BCUT2D eigenvalue weighted by Gasteiger charge is 2.16. The minimum atomic E-state index is 0.434. The lowest BCUT2D eigenvalue weighted by Crippen LogP contribution is -1.98. The molecular weight excluding hydrogens is 302 g/mol. The van der Waals surface area contributed by atoms with E-state index >= 15 is 0 Å². The van der Waals surface area contributed by atoms with E-state index in [1.54, 1.807) is 18.7 Å². The van der Waals surface area contributed by atoms with E-state index in [2.05, 4.69) is 10.1 Å². The topological polar surface area (TPSA) is 48.7 Å². The molecule has 0 saturated heterocycles. The summed E-state index contributed by atoms with van der Waals surface area (Å²) in [6, 6.07) is 7.54. The fraction of sp³-hybridized carbons (Fsp3) is 0.250. The first kappa shape index (κ1) is 14.7. The maximum Gasteiger partial charge on any atom is 0.161 e. The summed E-state index contributed by atoms with van der Waals surface area (Å²) in [5, 5.41) is 4.81. The van der Waals surface area contributed by atoms with Crippen LogP contribution < -0.4 is 9.47 Å². The Balaban J connectivity index is 2.28. The molecule has 2 heterocycles. The Morgan fingerprint density at radius 1 is 1.05 bits per heavy atom. The Morgan fingerprint density at radius 2 is 1.77 bits per heavy atom. The van der Waals surface area contributed by atoms with Crippen molar-refractivity contribution in [2.45, 2.75) is 13.8 Å². The van der Waals surface area contributed by atoms with E-state index in [0.29, 0.717) is 16.7 Å². The van der Waals surface area contributed by atoms with E-state index < -0.39 is 0 Å². The standard InChI is InChI=1S/C16H16ClN3O2/c1-9-7-14(17)19-20-15(10(2)18-16(9)20)11-5-6-12(21-3)13(8-11)22-4/h5-8H,1-4H3. The van der Waals surface area contributed by atoms with Crippen molar-refractivity contribution in [3.63, 3.8) is 0 Å². The number of nitrogens with zero attached hydrogens (tertiary/aromatic N) is 3. The van der Waals surface area contributed by atoms with Crippen LogP contribution in [-0.4, -0.2) is 28.8 Å². The van der Waals surface area contributed by atoms with Gasteiger partial charge in [0.2, 0.25) is 0 Å². The third-order valence-corrected chi connectivity index (χ3v) is 3.75. The number of hydrogen-bond acceptors (Lipinski definition) is 4. The van der Waals surface area contributed by atoms with Gasteiger partial charge in [-0.3, -0.25) is 0 Å². The molecule has 0 atom stereocenters. The van der Waals surface area contributed by atoms with Crippen molar-refractivity contribution in [3.8, 4) is 22.8 Å². The summed E-state index contributed by atoms with van der Waals surface area (Å²) in [4.78, 5) is 4.60. The van der Waals surface area contributed by atoms with Gasteiger partial charge in [0, 0.05) is 5.56 Å². The van der Waals surface area contributed by atoms with Gasteiger partial charge in [0.15, 0.2) is 17.1 Å². The predicted molar refractivity (Wildman–Crippen MR) is 86.0 cm³/mol. The molecule has 2 aromatic heterocycles. The van der Waals surface area contributed by atoms with Crippen molar-refractivity contribution in [2.75, 3.05) is 14.2 Å². The number of fused-ring (bicyclic) bond motifs is 1. The molecule has 0 aliphatic heterocycles. The molecule has 0 bridgehead atoms. The Kier molecular flexibility index (Phi) is 3.66. The number of halogens is 1. The lowest BCUT2D eigenvalue weighted by molar-refractivity contribution is 0.355. The van der Waals surface area contributed by atoms with Crippen molar-refractivity contribution >= 4 is 17.2 Å². The van der Waals surface area contributed by atoms with Crippen LogP contribution in [0.25, 0.3) is 16.9 Å². The Bertz CT molecular complexity index is 858. The molecule has 1 aromatic carbocycles. The third kappa shape index (κ3) is 2.27. The Labute approximate surface area is 133 Å². The molecule has 5 nitrogen and oxygen atoms in total. The molecule has 0 aliphatic rings. The van der Waals surface area contributed by atoms with Crippen molar-refractivity contribution in [3.05, 3.63) is 40.7 Å². The zero-order valence-corrected chi connectivity index (χ0v) is 13.6. The van der Waals surface area contributed by atoms with Crippen LogP contribution in [0.1, 0.15) is 11.3 Å². The van der Waals surface area contributed by atoms with Gasteiger partial charge in [-0.15, -0.1) is 0 Å². The van der Waals surface area contributed by atoms with Crippen LogP contribution in [0.5, 0.6) is 11.5 Å². The first-order chi connectivity index (χ1) is 10.5. The monoisotopic (exact) mass is 317 g/mol. The predicted octanol–water partition coefficient (Wildman–Crippen LogP) is 3.68. The van der Waals surface area contributed by atoms with Crippen molar-refractivity contribution < 1.29 is 9.47 Å². The second-order valence-electron chi connectivity index (χ2n) is 5.00. The molecule has 0 spiro atoms. The van der Waals surface area contributed by atoms with Crippen LogP contribution >= 0.6 is 11.6 Å². The number of rotatable bonds is 3. The zero-order valence-electron chi connectivity index (χ0n) is 12.8. The van der Waals surface area contributed by atoms with Gasteiger partial charge >= 0.3 is 0 Å². The molecule has 0 fully saturated rings. The largest absolute Gasteiger partial charge is 0.493 e. The molecule has 6 heteroatoms. The number of aryl methyl sites for hydroxylation is 2. The SMILES string of the molecule is COc1ccc(-c2c(C)nc3c(C)cc(Cl)nn23)cc1OC. The van der Waals surface area contributed by atoms with Crippen molar-refractivity contribution in [1.82, 2.24) is 14.6 Å². The highest BCUT2D eigenvalue weighted by atomic mass is 35.5. The maximum absolute atomic E-state index is 6.09. The van der Waals surface area contributed by atoms with E-state index in [9.17, 15) is 0 Å². The van der Waals surface area contributed by atoms with E-state index in [1.165, 1.54) is 0 Å². The van der Waals surface area contributed by atoms with Crippen molar-refractivity contribution in [1.29, 1.82) is 0 Å². The summed E-state index contributed by atoms with van der Waals surface area (Å²) in [7, 11) is 3.23. The molecule has 0 saturated carbocycles. The first-order valence-electron chi connectivity index (χ1n) is 6.80. The second-order valence-corrected chi connectivity index (χ2v) is 5.39. The van der Waals surface area contributed by atoms with Gasteiger partial charge in [-0.25, -0.2) is 9.50 Å². The summed E-state index contributed by atoms with van der Waals surface area (Å²) in [5.74, 6) is 1.34. The summed E-state index contributed by atoms with van der Waals surface area (Å²) in [5.41, 5.74) is 4.49. The van der Waals surface area contributed by atoms with Gasteiger partial charge in [0.25, 0.3) is 0 Å². The number of benzene rings is 1. The molecule has 0 unspecified atom stereocenters. The summed E-state index contributed by atoms with van der Waals surface area (Å²) < 4.78 is 12.4. The Hall–Kier alpha value is -2.27. The van der Waals surface area contributed by atoms with Gasteiger partial charge in [-0.2, -0.15) is 5.10 Å². The molecular formula is C16H16ClN3O2. The molecule has 0 radical (unpaired) electrons. The average molecular weight is 318 g/mol. The molecule has 114 valence electrons. The number of imidazole rings is 1. The molecule has 3 rings (SSSR count). The minimum absolute atomic E-state index is 0.434. The van der Waals surface area contributed by atoms with Gasteiger partial charge in [-0.1, -0.05) is 11.6 Å². The second kappa shape index (κ2) is 5.50. The van der Waals surface area contributed by atoms with Crippen LogP contribution in [0.4, 0.5) is 0 Å². The van der Waals surface area contributed by atoms with Gasteiger partial charge in [-0.05, 0) is 43.7 Å². The molecule has 0 aliphatic carbocycles. The third-order valence-electron chi connectivity index (χ3n) is 3.57. The first-order valence-corrected chi connectivity index (χ1v) is 7.18. The highest BCUT2D eigenvalue weighted by Crippen LogP contribution is 2.34. The number of ether oxygens (including phenoxy) is 2. The van der Waals surface area contributed by atoms with Crippen LogP contribution in [0.2, 0.25) is 5.15 Å². The molecule has 22 heavy (non-hydrogen) atoms. The van der Waals surface area contributed by atoms with Crippen LogP contribution in [0.15, 0.2) is 24.3 Å². The van der Waals surface area contributed by atoms with Crippen LogP contribution in [0, 0.1) is 13.8 Å². The summed E-state index contributed by atoms with van der Waals surface area (Å²) in [6.45, 7) is 3.92. The number of hydrogen-bond donors (Lipinski definition) is 0. The van der Waals surface area contributed by atoms with Gasteiger partial charge in [0.05, 0.1) is 25.6 Å². The van der Waals surface area contributed by atoms with Gasteiger partial charge in [0.1, 0.15) is 5.15 Å². The molecule has 0 amide bonds.